The standard InChI is InChI=1S/C4H9NO3S.CH4O3S/c1-9(6,7)8-4-2-5-3-4;1-5(2,3)4/h4-5H,2-3H2,1H3;1H3,(H,2,3,4). The lowest BCUT2D eigenvalue weighted by Crippen LogP contribution is -2.49. The fourth-order valence-electron chi connectivity index (χ4n) is 0.577. The summed E-state index contributed by atoms with van der Waals surface area (Å²) in [5.41, 5.74) is 0. The van der Waals surface area contributed by atoms with Gasteiger partial charge in [0, 0.05) is 13.1 Å². The number of hydrogen-bond acceptors (Lipinski definition) is 6. The molecular formula is C5H13NO6S2. The maximum Gasteiger partial charge on any atom is 0.264 e. The van der Waals surface area contributed by atoms with Crippen LogP contribution in [0.2, 0.25) is 0 Å². The van der Waals surface area contributed by atoms with Crippen molar-refractivity contribution in [1.82, 2.24) is 5.32 Å². The van der Waals surface area contributed by atoms with Crippen LogP contribution < -0.4 is 5.32 Å². The number of hydrogen-bond donors (Lipinski definition) is 2. The SMILES string of the molecule is CS(=O)(=O)O.CS(=O)(=O)OC1CNC1. The van der Waals surface area contributed by atoms with Crippen LogP contribution in [-0.2, 0) is 24.4 Å². The first kappa shape index (κ1) is 13.8. The van der Waals surface area contributed by atoms with Gasteiger partial charge in [-0.15, -0.1) is 0 Å². The second-order valence-corrected chi connectivity index (χ2v) is 5.88. The van der Waals surface area contributed by atoms with Crippen molar-refractivity contribution in [2.45, 2.75) is 6.10 Å². The molecule has 86 valence electrons. The zero-order valence-electron chi connectivity index (χ0n) is 7.80. The molecule has 1 aliphatic rings. The molecule has 1 saturated heterocycles. The van der Waals surface area contributed by atoms with Crippen LogP contribution in [-0.4, -0.2) is 53.1 Å². The molecule has 9 heteroatoms. The van der Waals surface area contributed by atoms with E-state index < -0.39 is 20.2 Å². The van der Waals surface area contributed by atoms with E-state index in [-0.39, 0.29) is 6.10 Å². The highest BCUT2D eigenvalue weighted by Gasteiger charge is 2.21. The lowest BCUT2D eigenvalue weighted by atomic mass is 10.2. The van der Waals surface area contributed by atoms with E-state index in [1.54, 1.807) is 0 Å². The minimum Gasteiger partial charge on any atom is -0.311 e. The second-order valence-electron chi connectivity index (χ2n) is 2.81. The van der Waals surface area contributed by atoms with Crippen molar-refractivity contribution in [3.05, 3.63) is 0 Å². The predicted octanol–water partition coefficient (Wildman–Crippen LogP) is -1.56. The maximum atomic E-state index is 10.4. The first-order valence-electron chi connectivity index (χ1n) is 3.59. The van der Waals surface area contributed by atoms with Crippen molar-refractivity contribution >= 4 is 20.2 Å². The Kier molecular flexibility index (Phi) is 4.95. The van der Waals surface area contributed by atoms with E-state index in [1.807, 2.05) is 0 Å². The maximum absolute atomic E-state index is 10.4. The quantitative estimate of drug-likeness (QED) is 0.448. The summed E-state index contributed by atoms with van der Waals surface area (Å²) in [6.07, 6.45) is 1.65. The van der Waals surface area contributed by atoms with Gasteiger partial charge in [0.05, 0.1) is 12.5 Å². The van der Waals surface area contributed by atoms with Gasteiger partial charge in [-0.3, -0.25) is 8.74 Å². The smallest absolute Gasteiger partial charge is 0.264 e. The van der Waals surface area contributed by atoms with Gasteiger partial charge in [-0.05, 0) is 0 Å². The fraction of sp³-hybridized carbons (Fsp3) is 1.00. The Morgan fingerprint density at radius 2 is 1.57 bits per heavy atom. The Hall–Kier alpha value is -0.220. The average molecular weight is 247 g/mol. The van der Waals surface area contributed by atoms with Crippen LogP contribution in [0.5, 0.6) is 0 Å². The molecule has 7 nitrogen and oxygen atoms in total. The van der Waals surface area contributed by atoms with Crippen LogP contribution in [0.1, 0.15) is 0 Å². The van der Waals surface area contributed by atoms with Crippen LogP contribution >= 0.6 is 0 Å². The third-order valence-electron chi connectivity index (χ3n) is 1.05. The molecule has 0 atom stereocenters. The van der Waals surface area contributed by atoms with Gasteiger partial charge in [0.25, 0.3) is 20.2 Å². The van der Waals surface area contributed by atoms with Crippen LogP contribution in [0.3, 0.4) is 0 Å². The molecular weight excluding hydrogens is 234 g/mol. The molecule has 0 aromatic heterocycles. The van der Waals surface area contributed by atoms with Gasteiger partial charge in [0.15, 0.2) is 0 Å². The van der Waals surface area contributed by atoms with Crippen molar-refractivity contribution in [3.8, 4) is 0 Å². The third kappa shape index (κ3) is 11.8. The molecule has 0 amide bonds. The van der Waals surface area contributed by atoms with Gasteiger partial charge >= 0.3 is 0 Å². The van der Waals surface area contributed by atoms with Gasteiger partial charge in [0.1, 0.15) is 6.10 Å². The summed E-state index contributed by atoms with van der Waals surface area (Å²) in [4.78, 5) is 0. The van der Waals surface area contributed by atoms with Gasteiger partial charge in [0.2, 0.25) is 0 Å². The van der Waals surface area contributed by atoms with Crippen molar-refractivity contribution in [2.24, 2.45) is 0 Å². The number of nitrogens with one attached hydrogen (secondary N) is 1. The first-order chi connectivity index (χ1) is 6.08. The minimum atomic E-state index is -3.67. The molecule has 1 aliphatic heterocycles. The monoisotopic (exact) mass is 247 g/mol. The van der Waals surface area contributed by atoms with E-state index in [2.05, 4.69) is 9.50 Å². The summed E-state index contributed by atoms with van der Waals surface area (Å²) in [5, 5.41) is 2.89. The fourth-order valence-corrected chi connectivity index (χ4v) is 1.21. The Morgan fingerprint density at radius 1 is 1.21 bits per heavy atom. The Morgan fingerprint density at radius 3 is 1.64 bits per heavy atom. The van der Waals surface area contributed by atoms with E-state index in [0.717, 1.165) is 6.26 Å². The molecule has 1 fully saturated rings. The minimum absolute atomic E-state index is 0.125. The van der Waals surface area contributed by atoms with Gasteiger partial charge in [-0.1, -0.05) is 0 Å². The molecule has 0 aromatic rings. The molecule has 0 spiro atoms. The average Bonchev–Trinajstić information content (AvgIpc) is 1.72. The van der Waals surface area contributed by atoms with E-state index in [9.17, 15) is 16.8 Å². The van der Waals surface area contributed by atoms with Crippen LogP contribution in [0.15, 0.2) is 0 Å². The molecule has 1 rings (SSSR count). The van der Waals surface area contributed by atoms with E-state index >= 15 is 0 Å². The van der Waals surface area contributed by atoms with Crippen LogP contribution in [0.25, 0.3) is 0 Å². The van der Waals surface area contributed by atoms with Crippen molar-refractivity contribution in [3.63, 3.8) is 0 Å². The Bertz CT molecular complexity index is 346. The zero-order valence-corrected chi connectivity index (χ0v) is 9.43. The molecule has 0 bridgehead atoms. The molecule has 0 radical (unpaired) electrons. The summed E-state index contributed by atoms with van der Waals surface area (Å²) >= 11 is 0. The largest absolute Gasteiger partial charge is 0.311 e. The lowest BCUT2D eigenvalue weighted by molar-refractivity contribution is 0.151. The Balaban J connectivity index is 0.000000292. The first-order valence-corrected chi connectivity index (χ1v) is 7.26. The highest BCUT2D eigenvalue weighted by Crippen LogP contribution is 2.01. The van der Waals surface area contributed by atoms with Gasteiger partial charge in [-0.2, -0.15) is 16.8 Å². The van der Waals surface area contributed by atoms with Crippen molar-refractivity contribution < 1.29 is 25.6 Å². The molecule has 0 aromatic carbocycles. The summed E-state index contributed by atoms with van der Waals surface area (Å²) in [5.74, 6) is 0. The topological polar surface area (TPSA) is 110 Å². The van der Waals surface area contributed by atoms with Crippen LogP contribution in [0.4, 0.5) is 0 Å². The number of rotatable bonds is 2. The summed E-state index contributed by atoms with van der Waals surface area (Å²) in [6, 6.07) is 0. The third-order valence-corrected chi connectivity index (χ3v) is 1.68. The molecule has 0 aliphatic carbocycles. The normalized spacial score (nSPS) is 17.9. The lowest BCUT2D eigenvalue weighted by Gasteiger charge is -2.25. The summed E-state index contributed by atoms with van der Waals surface area (Å²) in [7, 11) is -6.89. The van der Waals surface area contributed by atoms with Crippen molar-refractivity contribution in [2.75, 3.05) is 25.6 Å². The molecule has 0 unspecified atom stereocenters. The summed E-state index contributed by atoms with van der Waals surface area (Å²) < 4.78 is 51.2. The molecule has 2 N–H and O–H groups in total. The van der Waals surface area contributed by atoms with Crippen molar-refractivity contribution in [1.29, 1.82) is 0 Å². The highest BCUT2D eigenvalue weighted by atomic mass is 32.2. The zero-order chi connectivity index (χ0) is 11.4. The second kappa shape index (κ2) is 5.03. The molecule has 0 saturated carbocycles. The van der Waals surface area contributed by atoms with E-state index in [1.165, 1.54) is 0 Å². The molecule has 14 heavy (non-hydrogen) atoms. The van der Waals surface area contributed by atoms with Gasteiger partial charge < -0.3 is 5.32 Å². The van der Waals surface area contributed by atoms with Gasteiger partial charge in [-0.25, -0.2) is 0 Å². The molecule has 1 heterocycles. The summed E-state index contributed by atoms with van der Waals surface area (Å²) in [6.45, 7) is 1.29. The predicted molar refractivity (Wildman–Crippen MR) is 50.1 cm³/mol. The van der Waals surface area contributed by atoms with E-state index in [4.69, 9.17) is 4.55 Å². The van der Waals surface area contributed by atoms with E-state index in [0.29, 0.717) is 19.3 Å². The van der Waals surface area contributed by atoms with Crippen LogP contribution in [0, 0.1) is 0 Å². The Labute approximate surface area is 83.3 Å². The highest BCUT2D eigenvalue weighted by molar-refractivity contribution is 7.86.